The number of likely N-dealkylation sites (tertiary alicyclic amines) is 1. The minimum Gasteiger partial charge on any atom is -0.484 e. The fourth-order valence-electron chi connectivity index (χ4n) is 4.98. The van der Waals surface area contributed by atoms with E-state index in [9.17, 15) is 4.79 Å². The number of hydrogen-bond acceptors (Lipinski definition) is 4. The van der Waals surface area contributed by atoms with Gasteiger partial charge in [0, 0.05) is 32.2 Å². The quantitative estimate of drug-likeness (QED) is 0.240. The molecule has 0 atom stereocenters. The molecule has 1 saturated carbocycles. The van der Waals surface area contributed by atoms with E-state index in [1.807, 2.05) is 32.2 Å². The number of likely N-dealkylation sites (N-methyl/N-ethyl adjacent to an activating group) is 1. The van der Waals surface area contributed by atoms with E-state index in [2.05, 4.69) is 31.9 Å². The lowest BCUT2D eigenvalue weighted by atomic mass is 9.79. The Morgan fingerprint density at radius 3 is 2.48 bits per heavy atom. The molecule has 3 N–H and O–H groups in total. The van der Waals surface area contributed by atoms with Gasteiger partial charge in [-0.15, -0.1) is 24.0 Å². The molecule has 7 nitrogen and oxygen atoms in total. The predicted molar refractivity (Wildman–Crippen MR) is 145 cm³/mol. The highest BCUT2D eigenvalue weighted by atomic mass is 127. The molecule has 0 spiro atoms. The van der Waals surface area contributed by atoms with Crippen LogP contribution < -0.4 is 20.7 Å². The first-order chi connectivity index (χ1) is 15.6. The molecule has 0 radical (unpaired) electrons. The van der Waals surface area contributed by atoms with Crippen molar-refractivity contribution in [1.29, 1.82) is 0 Å². The smallest absolute Gasteiger partial charge is 0.257 e. The Labute approximate surface area is 216 Å². The molecular weight excluding hydrogens is 529 g/mol. The first-order valence-corrected chi connectivity index (χ1v) is 12.3. The molecule has 1 saturated heterocycles. The Bertz CT molecular complexity index is 746. The van der Waals surface area contributed by atoms with Crippen molar-refractivity contribution in [2.45, 2.75) is 70.4 Å². The zero-order valence-corrected chi connectivity index (χ0v) is 22.7. The Hall–Kier alpha value is -1.55. The van der Waals surface area contributed by atoms with Gasteiger partial charge in [-0.2, -0.15) is 0 Å². The summed E-state index contributed by atoms with van der Waals surface area (Å²) in [6, 6.07) is 7.85. The van der Waals surface area contributed by atoms with Gasteiger partial charge in [-0.25, -0.2) is 0 Å². The summed E-state index contributed by atoms with van der Waals surface area (Å²) in [6.45, 7) is 6.60. The van der Waals surface area contributed by atoms with Crippen LogP contribution in [-0.2, 0) is 11.3 Å². The molecule has 2 fully saturated rings. The van der Waals surface area contributed by atoms with E-state index in [0.29, 0.717) is 18.8 Å². The Morgan fingerprint density at radius 1 is 1.06 bits per heavy atom. The third kappa shape index (κ3) is 8.63. The summed E-state index contributed by atoms with van der Waals surface area (Å²) in [7, 11) is 1.83. The fraction of sp³-hybridized carbons (Fsp3) is 0.680. The van der Waals surface area contributed by atoms with Gasteiger partial charge in [0.25, 0.3) is 5.91 Å². The number of rotatable bonds is 9. The second-order valence-corrected chi connectivity index (χ2v) is 9.00. The topological polar surface area (TPSA) is 78.0 Å². The zero-order valence-electron chi connectivity index (χ0n) is 20.3. The van der Waals surface area contributed by atoms with E-state index >= 15 is 0 Å². The van der Waals surface area contributed by atoms with E-state index in [1.165, 1.54) is 64.5 Å². The van der Waals surface area contributed by atoms with Crippen LogP contribution in [0.2, 0.25) is 0 Å². The minimum atomic E-state index is -0.106. The maximum atomic E-state index is 11.6. The number of nitrogens with one attached hydrogen (secondary N) is 3. The van der Waals surface area contributed by atoms with Crippen LogP contribution in [0.5, 0.6) is 5.75 Å². The van der Waals surface area contributed by atoms with Gasteiger partial charge < -0.3 is 20.7 Å². The second kappa shape index (κ2) is 14.7. The van der Waals surface area contributed by atoms with Gasteiger partial charge in [-0.1, -0.05) is 37.8 Å². The van der Waals surface area contributed by atoms with Crippen molar-refractivity contribution in [3.8, 4) is 5.75 Å². The van der Waals surface area contributed by atoms with E-state index in [0.717, 1.165) is 18.1 Å². The number of hydrogen-bond donors (Lipinski definition) is 3. The van der Waals surface area contributed by atoms with E-state index in [4.69, 9.17) is 4.74 Å². The highest BCUT2D eigenvalue weighted by Crippen LogP contribution is 2.35. The normalized spacial score (nSPS) is 18.7. The summed E-state index contributed by atoms with van der Waals surface area (Å²) in [5.74, 6) is 1.43. The van der Waals surface area contributed by atoms with Crippen molar-refractivity contribution in [2.24, 2.45) is 4.99 Å². The molecule has 0 aromatic heterocycles. The molecule has 1 heterocycles. The largest absolute Gasteiger partial charge is 0.484 e. The van der Waals surface area contributed by atoms with Gasteiger partial charge in [0.05, 0.1) is 0 Å². The lowest BCUT2D eigenvalue weighted by Crippen LogP contribution is -2.59. The summed E-state index contributed by atoms with van der Waals surface area (Å²) in [4.78, 5) is 18.8. The van der Waals surface area contributed by atoms with Crippen molar-refractivity contribution in [3.63, 3.8) is 0 Å². The van der Waals surface area contributed by atoms with Crippen molar-refractivity contribution < 1.29 is 9.53 Å². The van der Waals surface area contributed by atoms with Crippen LogP contribution in [0.1, 0.15) is 63.9 Å². The average Bonchev–Trinajstić information content (AvgIpc) is 2.84. The van der Waals surface area contributed by atoms with Crippen LogP contribution in [0, 0.1) is 0 Å². The highest BCUT2D eigenvalue weighted by molar-refractivity contribution is 14.0. The third-order valence-corrected chi connectivity index (χ3v) is 6.72. The van der Waals surface area contributed by atoms with Crippen LogP contribution in [0.3, 0.4) is 0 Å². The number of carbonyl (C=O) groups is 1. The Balaban J connectivity index is 0.00000385. The number of halogens is 1. The summed E-state index contributed by atoms with van der Waals surface area (Å²) in [6.07, 6.45) is 10.6. The lowest BCUT2D eigenvalue weighted by Gasteiger charge is -2.48. The van der Waals surface area contributed by atoms with E-state index in [1.54, 1.807) is 0 Å². The van der Waals surface area contributed by atoms with Gasteiger partial charge >= 0.3 is 0 Å². The van der Waals surface area contributed by atoms with Crippen molar-refractivity contribution in [1.82, 2.24) is 20.9 Å². The highest BCUT2D eigenvalue weighted by Gasteiger charge is 2.38. The van der Waals surface area contributed by atoms with Crippen LogP contribution in [0.15, 0.2) is 29.3 Å². The van der Waals surface area contributed by atoms with Gasteiger partial charge in [-0.3, -0.25) is 14.7 Å². The van der Waals surface area contributed by atoms with Crippen LogP contribution in [0.25, 0.3) is 0 Å². The molecule has 1 aromatic rings. The minimum absolute atomic E-state index is 0. The third-order valence-electron chi connectivity index (χ3n) is 6.72. The maximum absolute atomic E-state index is 11.6. The number of nitrogens with zero attached hydrogens (tertiary/aromatic N) is 2. The molecule has 1 amide bonds. The molecule has 2 aliphatic rings. The molecular formula is C25H42IN5O2. The summed E-state index contributed by atoms with van der Waals surface area (Å²) >= 11 is 0. The number of guanidine groups is 1. The predicted octanol–water partition coefficient (Wildman–Crippen LogP) is 3.67. The Kier molecular flexibility index (Phi) is 12.3. The summed E-state index contributed by atoms with van der Waals surface area (Å²) in [5, 5.41) is 9.81. The summed E-state index contributed by atoms with van der Waals surface area (Å²) in [5.41, 5.74) is 1.35. The average molecular weight is 572 g/mol. The molecule has 33 heavy (non-hydrogen) atoms. The van der Waals surface area contributed by atoms with Gasteiger partial charge in [0.1, 0.15) is 5.75 Å². The fourth-order valence-corrected chi connectivity index (χ4v) is 4.98. The zero-order chi connectivity index (χ0) is 22.7. The maximum Gasteiger partial charge on any atom is 0.257 e. The van der Waals surface area contributed by atoms with Crippen molar-refractivity contribution >= 4 is 35.8 Å². The second-order valence-electron chi connectivity index (χ2n) is 9.00. The number of amides is 1. The summed E-state index contributed by atoms with van der Waals surface area (Å²) < 4.78 is 5.61. The molecule has 186 valence electrons. The van der Waals surface area contributed by atoms with Gasteiger partial charge in [-0.05, 0) is 63.4 Å². The molecule has 3 rings (SSSR count). The van der Waals surface area contributed by atoms with Crippen LogP contribution >= 0.6 is 24.0 Å². The first-order valence-electron chi connectivity index (χ1n) is 12.3. The van der Waals surface area contributed by atoms with Gasteiger partial charge in [0.2, 0.25) is 0 Å². The van der Waals surface area contributed by atoms with E-state index in [-0.39, 0.29) is 42.0 Å². The molecule has 1 aliphatic carbocycles. The van der Waals surface area contributed by atoms with E-state index < -0.39 is 0 Å². The molecule has 0 bridgehead atoms. The number of benzene rings is 1. The molecule has 1 aromatic carbocycles. The van der Waals surface area contributed by atoms with Crippen molar-refractivity contribution in [2.75, 3.05) is 39.8 Å². The number of ether oxygens (including phenoxy) is 1. The molecule has 8 heteroatoms. The monoisotopic (exact) mass is 571 g/mol. The van der Waals surface area contributed by atoms with Crippen molar-refractivity contribution in [3.05, 3.63) is 29.8 Å². The first kappa shape index (κ1) is 27.7. The number of piperidine rings is 1. The Morgan fingerprint density at radius 2 is 1.79 bits per heavy atom. The number of aliphatic imine (C=N–C) groups is 1. The molecule has 1 aliphatic heterocycles. The van der Waals surface area contributed by atoms with Gasteiger partial charge in [0.15, 0.2) is 12.6 Å². The van der Waals surface area contributed by atoms with Crippen LogP contribution in [0.4, 0.5) is 0 Å². The van der Waals surface area contributed by atoms with Crippen LogP contribution in [-0.4, -0.2) is 62.1 Å². The lowest BCUT2D eigenvalue weighted by molar-refractivity contribution is -0.122. The number of carbonyl (C=O) groups excluding carboxylic acids is 1. The standard InChI is InChI=1S/C25H41N5O2.HI/c1-3-27-23(31)19-32-22-12-10-11-21(17-22)18-28-24(26-2)29-20-25(13-6-4-7-14-25)30-15-8-5-9-16-30;/h10-12,17H,3-9,13-16,18-20H2,1-2H3,(H,27,31)(H2,26,28,29);1H. The molecule has 0 unspecified atom stereocenters. The SMILES string of the molecule is CCNC(=O)COc1cccc(CNC(=NC)NCC2(N3CCCCC3)CCCCC2)c1.I.